The number of nitrogens with one attached hydrogen (secondary N) is 1. The van der Waals surface area contributed by atoms with Crippen molar-refractivity contribution in [2.45, 2.75) is 19.4 Å². The molecule has 104 valence electrons. The van der Waals surface area contributed by atoms with E-state index in [0.717, 1.165) is 11.3 Å². The second-order valence-electron chi connectivity index (χ2n) is 4.82. The molecule has 0 aromatic heterocycles. The highest BCUT2D eigenvalue weighted by molar-refractivity contribution is 5.94. The van der Waals surface area contributed by atoms with Gasteiger partial charge in [0, 0.05) is 12.2 Å². The first-order valence-corrected chi connectivity index (χ1v) is 6.37. The number of hydrogen-bond acceptors (Lipinski definition) is 2. The normalized spacial score (nSPS) is 18.6. The molecule has 5 nitrogen and oxygen atoms in total. The van der Waals surface area contributed by atoms with E-state index >= 15 is 0 Å². The lowest BCUT2D eigenvalue weighted by molar-refractivity contribution is -0.141. The van der Waals surface area contributed by atoms with E-state index in [1.165, 1.54) is 4.90 Å². The molecule has 2 atom stereocenters. The minimum absolute atomic E-state index is 0.148. The highest BCUT2D eigenvalue weighted by Gasteiger charge is 2.32. The molecule has 1 heterocycles. The first-order chi connectivity index (χ1) is 9.52. The summed E-state index contributed by atoms with van der Waals surface area (Å²) in [6, 6.07) is 6.55. The van der Waals surface area contributed by atoms with Crippen LogP contribution in [-0.4, -0.2) is 29.7 Å². The van der Waals surface area contributed by atoms with Crippen molar-refractivity contribution in [3.63, 3.8) is 0 Å². The van der Waals surface area contributed by atoms with Gasteiger partial charge in [-0.2, -0.15) is 0 Å². The van der Waals surface area contributed by atoms with Crippen LogP contribution in [0.25, 0.3) is 0 Å². The van der Waals surface area contributed by atoms with Gasteiger partial charge >= 0.3 is 12.0 Å². The van der Waals surface area contributed by atoms with E-state index in [-0.39, 0.29) is 12.6 Å². The van der Waals surface area contributed by atoms with Gasteiger partial charge in [-0.3, -0.25) is 9.69 Å². The van der Waals surface area contributed by atoms with Crippen LogP contribution in [0.1, 0.15) is 12.5 Å². The zero-order valence-corrected chi connectivity index (χ0v) is 11.2. The van der Waals surface area contributed by atoms with Crippen molar-refractivity contribution in [3.05, 3.63) is 29.8 Å². The van der Waals surface area contributed by atoms with E-state index in [1.807, 2.05) is 24.3 Å². The number of carbonyl (C=O) groups excluding carboxylic acids is 1. The van der Waals surface area contributed by atoms with Crippen molar-refractivity contribution in [1.82, 2.24) is 5.32 Å². The zero-order valence-electron chi connectivity index (χ0n) is 11.2. The van der Waals surface area contributed by atoms with Crippen molar-refractivity contribution in [3.8, 4) is 12.3 Å². The molecule has 0 radical (unpaired) electrons. The lowest BCUT2D eigenvalue weighted by atomic mass is 9.93. The number of nitrogens with zero attached hydrogens (tertiary/aromatic N) is 1. The van der Waals surface area contributed by atoms with Crippen molar-refractivity contribution >= 4 is 17.7 Å². The number of benzene rings is 1. The molecule has 1 aliphatic heterocycles. The Bertz CT molecular complexity index is 577. The second-order valence-corrected chi connectivity index (χ2v) is 4.82. The van der Waals surface area contributed by atoms with Crippen LogP contribution in [0, 0.1) is 18.3 Å². The maximum absolute atomic E-state index is 12.2. The number of fused-ring (bicyclic) bond motifs is 1. The van der Waals surface area contributed by atoms with Crippen LogP contribution in [0.15, 0.2) is 24.3 Å². The number of hydrogen-bond donors (Lipinski definition) is 2. The number of anilines is 1. The summed E-state index contributed by atoms with van der Waals surface area (Å²) in [5, 5.41) is 11.9. The van der Waals surface area contributed by atoms with Gasteiger partial charge in [0.05, 0.1) is 12.0 Å². The summed E-state index contributed by atoms with van der Waals surface area (Å²) < 4.78 is 0. The van der Waals surface area contributed by atoms with Crippen molar-refractivity contribution < 1.29 is 14.7 Å². The van der Waals surface area contributed by atoms with Crippen molar-refractivity contribution in [2.24, 2.45) is 5.92 Å². The topological polar surface area (TPSA) is 69.6 Å². The monoisotopic (exact) mass is 272 g/mol. The second kappa shape index (κ2) is 5.66. The van der Waals surface area contributed by atoms with Gasteiger partial charge in [0.15, 0.2) is 0 Å². The third-order valence-electron chi connectivity index (χ3n) is 3.34. The predicted octanol–water partition coefficient (Wildman–Crippen LogP) is 1.48. The smallest absolute Gasteiger partial charge is 0.322 e. The van der Waals surface area contributed by atoms with Crippen LogP contribution < -0.4 is 10.2 Å². The molecule has 2 rings (SSSR count). The van der Waals surface area contributed by atoms with Gasteiger partial charge < -0.3 is 10.4 Å². The summed E-state index contributed by atoms with van der Waals surface area (Å²) >= 11 is 0. The predicted molar refractivity (Wildman–Crippen MR) is 75.4 cm³/mol. The Morgan fingerprint density at radius 2 is 2.20 bits per heavy atom. The van der Waals surface area contributed by atoms with Crippen LogP contribution >= 0.6 is 0 Å². The summed E-state index contributed by atoms with van der Waals surface area (Å²) in [6.45, 7) is 1.85. The van der Waals surface area contributed by atoms with Crippen LogP contribution in [0.3, 0.4) is 0 Å². The molecule has 2 amide bonds. The number of urea groups is 1. The third-order valence-corrected chi connectivity index (χ3v) is 3.34. The minimum atomic E-state index is -0.901. The van der Waals surface area contributed by atoms with Crippen molar-refractivity contribution in [2.75, 3.05) is 11.4 Å². The minimum Gasteiger partial charge on any atom is -0.481 e. The summed E-state index contributed by atoms with van der Waals surface area (Å²) in [5.41, 5.74) is 1.60. The molecule has 2 unspecified atom stereocenters. The van der Waals surface area contributed by atoms with E-state index in [9.17, 15) is 14.7 Å². The molecule has 20 heavy (non-hydrogen) atoms. The zero-order chi connectivity index (χ0) is 14.7. The van der Waals surface area contributed by atoms with E-state index in [4.69, 9.17) is 6.42 Å². The Morgan fingerprint density at radius 1 is 1.50 bits per heavy atom. The standard InChI is InChI=1S/C15H16N2O3/c1-3-10(2)16-15(20)17-9-12(14(18)19)8-11-6-4-5-7-13(11)17/h1,4-7,10,12H,8-9H2,2H3,(H,16,20)(H,18,19). The Hall–Kier alpha value is -2.48. The number of carbonyl (C=O) groups is 2. The first-order valence-electron chi connectivity index (χ1n) is 6.37. The molecule has 0 fully saturated rings. The van der Waals surface area contributed by atoms with Crippen molar-refractivity contribution in [1.29, 1.82) is 0 Å². The molecule has 5 heteroatoms. The van der Waals surface area contributed by atoms with Gasteiger partial charge in [-0.25, -0.2) is 4.79 Å². The van der Waals surface area contributed by atoms with Gasteiger partial charge in [0.25, 0.3) is 0 Å². The van der Waals surface area contributed by atoms with Gasteiger partial charge in [0.1, 0.15) is 0 Å². The average molecular weight is 272 g/mol. The molecule has 1 aromatic carbocycles. The number of aliphatic carboxylic acids is 1. The third kappa shape index (κ3) is 2.75. The van der Waals surface area contributed by atoms with Crippen LogP contribution in [0.5, 0.6) is 0 Å². The number of carboxylic acid groups (broad SMARTS) is 1. The summed E-state index contributed by atoms with van der Waals surface area (Å²) in [4.78, 5) is 24.9. The fourth-order valence-corrected chi connectivity index (χ4v) is 2.26. The number of terminal acetylenes is 1. The highest BCUT2D eigenvalue weighted by Crippen LogP contribution is 2.29. The summed E-state index contributed by atoms with van der Waals surface area (Å²) in [6.07, 6.45) is 5.67. The summed E-state index contributed by atoms with van der Waals surface area (Å²) in [5.74, 6) is 0.917. The van der Waals surface area contributed by atoms with Crippen LogP contribution in [0.2, 0.25) is 0 Å². The maximum atomic E-state index is 12.2. The molecular weight excluding hydrogens is 256 g/mol. The highest BCUT2D eigenvalue weighted by atomic mass is 16.4. The Balaban J connectivity index is 2.29. The van der Waals surface area contributed by atoms with E-state index < -0.39 is 17.9 Å². The molecule has 0 saturated heterocycles. The number of carboxylic acids is 1. The lowest BCUT2D eigenvalue weighted by Gasteiger charge is -2.33. The van der Waals surface area contributed by atoms with E-state index in [2.05, 4.69) is 11.2 Å². The van der Waals surface area contributed by atoms with E-state index in [0.29, 0.717) is 6.42 Å². The number of para-hydroxylation sites is 1. The molecule has 0 spiro atoms. The quantitative estimate of drug-likeness (QED) is 0.801. The SMILES string of the molecule is C#CC(C)NC(=O)N1CC(C(=O)O)Cc2ccccc21. The summed E-state index contributed by atoms with van der Waals surface area (Å²) in [7, 11) is 0. The molecule has 0 aliphatic carbocycles. The van der Waals surface area contributed by atoms with Crippen LogP contribution in [-0.2, 0) is 11.2 Å². The molecule has 0 bridgehead atoms. The van der Waals surface area contributed by atoms with Gasteiger partial charge in [0.2, 0.25) is 0 Å². The Kier molecular flexibility index (Phi) is 3.94. The van der Waals surface area contributed by atoms with E-state index in [1.54, 1.807) is 6.92 Å². The molecule has 0 saturated carbocycles. The molecule has 1 aromatic rings. The van der Waals surface area contributed by atoms with Gasteiger partial charge in [-0.15, -0.1) is 6.42 Å². The van der Waals surface area contributed by atoms with Gasteiger partial charge in [-0.1, -0.05) is 24.1 Å². The Labute approximate surface area is 117 Å². The fraction of sp³-hybridized carbons (Fsp3) is 0.333. The molecule has 1 aliphatic rings. The van der Waals surface area contributed by atoms with Gasteiger partial charge in [-0.05, 0) is 25.0 Å². The lowest BCUT2D eigenvalue weighted by Crippen LogP contribution is -2.49. The largest absolute Gasteiger partial charge is 0.481 e. The first kappa shape index (κ1) is 13.9. The molecular formula is C15H16N2O3. The Morgan fingerprint density at radius 3 is 2.85 bits per heavy atom. The van der Waals surface area contributed by atoms with Crippen LogP contribution in [0.4, 0.5) is 10.5 Å². The number of amides is 2. The average Bonchev–Trinajstić information content (AvgIpc) is 2.45. The molecule has 2 N–H and O–H groups in total. The maximum Gasteiger partial charge on any atom is 0.322 e. The number of rotatable bonds is 2. The fourth-order valence-electron chi connectivity index (χ4n) is 2.26.